The van der Waals surface area contributed by atoms with Crippen molar-refractivity contribution in [3.63, 3.8) is 0 Å². The molecule has 0 bridgehead atoms. The number of benzene rings is 1. The second kappa shape index (κ2) is 9.42. The van der Waals surface area contributed by atoms with Gasteiger partial charge in [0.25, 0.3) is 11.8 Å². The summed E-state index contributed by atoms with van der Waals surface area (Å²) in [7, 11) is 0. The summed E-state index contributed by atoms with van der Waals surface area (Å²) in [5.41, 5.74) is 4.10. The van der Waals surface area contributed by atoms with E-state index in [0.29, 0.717) is 47.6 Å². The third-order valence-electron chi connectivity index (χ3n) is 6.57. The van der Waals surface area contributed by atoms with Crippen molar-refractivity contribution in [2.45, 2.75) is 34.1 Å². The van der Waals surface area contributed by atoms with E-state index in [2.05, 4.69) is 34.4 Å². The van der Waals surface area contributed by atoms with E-state index in [-0.39, 0.29) is 17.5 Å². The summed E-state index contributed by atoms with van der Waals surface area (Å²) >= 11 is 0. The van der Waals surface area contributed by atoms with Gasteiger partial charge in [-0.25, -0.2) is 4.39 Å². The number of rotatable bonds is 7. The number of fused-ring (bicyclic) bond motifs is 2. The third-order valence-corrected chi connectivity index (χ3v) is 6.57. The van der Waals surface area contributed by atoms with Gasteiger partial charge in [-0.2, -0.15) is 0 Å². The van der Waals surface area contributed by atoms with Gasteiger partial charge in [-0.05, 0) is 43.8 Å². The summed E-state index contributed by atoms with van der Waals surface area (Å²) in [6.45, 7) is 11.4. The highest BCUT2D eigenvalue weighted by Gasteiger charge is 2.31. The Balaban J connectivity index is 1.63. The Kier molecular flexibility index (Phi) is 6.56. The summed E-state index contributed by atoms with van der Waals surface area (Å²) < 4.78 is 14.5. The molecule has 0 unspecified atom stereocenters. The smallest absolute Gasteiger partial charge is 0.256 e. The van der Waals surface area contributed by atoms with Gasteiger partial charge in [0.15, 0.2) is 0 Å². The zero-order valence-corrected chi connectivity index (χ0v) is 20.0. The number of carbonyl (C=O) groups excluding carboxylic acids is 3. The van der Waals surface area contributed by atoms with Gasteiger partial charge in [-0.15, -0.1) is 0 Å². The lowest BCUT2D eigenvalue weighted by molar-refractivity contribution is -0.114. The fourth-order valence-electron chi connectivity index (χ4n) is 4.61. The quantitative estimate of drug-likeness (QED) is 0.545. The van der Waals surface area contributed by atoms with Crippen molar-refractivity contribution >= 4 is 40.7 Å². The maximum Gasteiger partial charge on any atom is 0.256 e. The molecule has 0 radical (unpaired) electrons. The first-order valence-corrected chi connectivity index (χ1v) is 11.6. The molecule has 8 nitrogen and oxygen atoms in total. The van der Waals surface area contributed by atoms with E-state index < -0.39 is 11.7 Å². The Labute approximate surface area is 198 Å². The predicted octanol–water partition coefficient (Wildman–Crippen LogP) is 3.25. The molecule has 1 aromatic heterocycles. The molecule has 3 heterocycles. The fraction of sp³-hybridized carbons (Fsp3) is 0.400. The number of H-pyrrole nitrogens is 1. The van der Waals surface area contributed by atoms with Crippen molar-refractivity contribution in [2.24, 2.45) is 0 Å². The van der Waals surface area contributed by atoms with E-state index in [0.717, 1.165) is 30.9 Å². The molecule has 0 fully saturated rings. The molecule has 180 valence electrons. The van der Waals surface area contributed by atoms with Crippen LogP contribution < -0.4 is 10.6 Å². The maximum atomic E-state index is 14.5. The average Bonchev–Trinajstić information content (AvgIpc) is 3.27. The van der Waals surface area contributed by atoms with Gasteiger partial charge >= 0.3 is 0 Å². The minimum absolute atomic E-state index is 0.00549. The van der Waals surface area contributed by atoms with Gasteiger partial charge < -0.3 is 25.4 Å². The summed E-state index contributed by atoms with van der Waals surface area (Å²) in [5, 5.41) is 5.15. The number of anilines is 2. The molecule has 0 atom stereocenters. The number of likely N-dealkylation sites (N-methyl/N-ethyl adjacent to an activating group) is 1. The second-order valence-corrected chi connectivity index (χ2v) is 8.66. The maximum absolute atomic E-state index is 14.5. The molecule has 0 aliphatic carbocycles. The van der Waals surface area contributed by atoms with Crippen molar-refractivity contribution in [1.82, 2.24) is 14.8 Å². The molecule has 3 amide bonds. The highest BCUT2D eigenvalue weighted by atomic mass is 19.1. The lowest BCUT2D eigenvalue weighted by Gasteiger charge is -2.29. The van der Waals surface area contributed by atoms with Gasteiger partial charge in [-0.1, -0.05) is 13.8 Å². The Bertz CT molecular complexity index is 1200. The molecular formula is C25H30FN5O3. The molecule has 2 aliphatic rings. The van der Waals surface area contributed by atoms with Crippen molar-refractivity contribution < 1.29 is 18.8 Å². The van der Waals surface area contributed by atoms with Crippen LogP contribution in [-0.4, -0.2) is 65.2 Å². The van der Waals surface area contributed by atoms with Gasteiger partial charge in [0.05, 0.1) is 22.5 Å². The summed E-state index contributed by atoms with van der Waals surface area (Å²) in [6.07, 6.45) is 2.38. The molecule has 0 saturated carbocycles. The number of halogens is 1. The van der Waals surface area contributed by atoms with Gasteiger partial charge in [0.1, 0.15) is 5.82 Å². The lowest BCUT2D eigenvalue weighted by Crippen LogP contribution is -2.42. The number of nitrogens with one attached hydrogen (secondary N) is 3. The molecule has 2 aliphatic heterocycles. The lowest BCUT2D eigenvalue weighted by atomic mass is 10.0. The van der Waals surface area contributed by atoms with Gasteiger partial charge in [0, 0.05) is 49.9 Å². The number of hydrogen-bond donors (Lipinski definition) is 3. The molecule has 1 aromatic carbocycles. The van der Waals surface area contributed by atoms with Crippen molar-refractivity contribution in [2.75, 3.05) is 43.4 Å². The van der Waals surface area contributed by atoms with Crippen LogP contribution in [0.1, 0.15) is 53.6 Å². The largest absolute Gasteiger partial charge is 0.358 e. The topological polar surface area (TPSA) is 97.5 Å². The van der Waals surface area contributed by atoms with E-state index in [1.807, 2.05) is 11.8 Å². The van der Waals surface area contributed by atoms with Crippen molar-refractivity contribution in [3.05, 3.63) is 46.0 Å². The molecule has 4 rings (SSSR count). The summed E-state index contributed by atoms with van der Waals surface area (Å²) in [6, 6.07) is 2.65. The molecule has 0 spiro atoms. The molecule has 9 heteroatoms. The first-order chi connectivity index (χ1) is 16.2. The van der Waals surface area contributed by atoms with Crippen LogP contribution in [-0.2, 0) is 16.0 Å². The van der Waals surface area contributed by atoms with Crippen LogP contribution in [0.5, 0.6) is 0 Å². The summed E-state index contributed by atoms with van der Waals surface area (Å²) in [5.74, 6) is -1.40. The van der Waals surface area contributed by atoms with Crippen molar-refractivity contribution in [1.29, 1.82) is 0 Å². The van der Waals surface area contributed by atoms with Crippen LogP contribution in [0.25, 0.3) is 11.6 Å². The normalized spacial score (nSPS) is 16.2. The molecule has 2 aromatic rings. The SMILES string of the molecule is CCN(CC)CCN1CCc2[nH]c(/C=C3\C(=O)Nc4cc(NC(C)=O)c(F)cc43)c(C)c2C1=O. The fourth-order valence-corrected chi connectivity index (χ4v) is 4.61. The molecular weight excluding hydrogens is 437 g/mol. The minimum atomic E-state index is -0.627. The van der Waals surface area contributed by atoms with Crippen LogP contribution >= 0.6 is 0 Å². The molecule has 3 N–H and O–H groups in total. The van der Waals surface area contributed by atoms with Gasteiger partial charge in [-0.3, -0.25) is 14.4 Å². The van der Waals surface area contributed by atoms with Crippen LogP contribution in [0.4, 0.5) is 15.8 Å². The van der Waals surface area contributed by atoms with E-state index in [9.17, 15) is 18.8 Å². The third kappa shape index (κ3) is 4.35. The summed E-state index contributed by atoms with van der Waals surface area (Å²) in [4.78, 5) is 44.7. The predicted molar refractivity (Wildman–Crippen MR) is 130 cm³/mol. The highest BCUT2D eigenvalue weighted by Crippen LogP contribution is 2.37. The van der Waals surface area contributed by atoms with E-state index in [4.69, 9.17) is 0 Å². The van der Waals surface area contributed by atoms with E-state index in [1.165, 1.54) is 19.1 Å². The molecule has 0 saturated heterocycles. The van der Waals surface area contributed by atoms with Crippen LogP contribution in [0.15, 0.2) is 12.1 Å². The standard InChI is InChI=1S/C25H30FN5O3/c1-5-30(6-2)9-10-31-8-7-19-23(25(31)34)14(3)20(28-19)12-17-16-11-18(26)22(27-15(4)32)13-21(16)29-24(17)33/h11-13,28H,5-10H2,1-4H3,(H,27,32)(H,29,33)/b17-12-. The minimum Gasteiger partial charge on any atom is -0.358 e. The van der Waals surface area contributed by atoms with E-state index in [1.54, 1.807) is 6.08 Å². The van der Waals surface area contributed by atoms with Crippen LogP contribution in [0.3, 0.4) is 0 Å². The second-order valence-electron chi connectivity index (χ2n) is 8.66. The Morgan fingerprint density at radius 3 is 2.68 bits per heavy atom. The first kappa shape index (κ1) is 23.7. The Hall–Kier alpha value is -3.46. The number of amides is 3. The van der Waals surface area contributed by atoms with Crippen LogP contribution in [0.2, 0.25) is 0 Å². The number of carbonyl (C=O) groups is 3. The molecule has 34 heavy (non-hydrogen) atoms. The van der Waals surface area contributed by atoms with Crippen LogP contribution in [0, 0.1) is 12.7 Å². The Morgan fingerprint density at radius 2 is 2.00 bits per heavy atom. The Morgan fingerprint density at radius 1 is 1.26 bits per heavy atom. The highest BCUT2D eigenvalue weighted by molar-refractivity contribution is 6.35. The zero-order valence-electron chi connectivity index (χ0n) is 20.0. The van der Waals surface area contributed by atoms with Gasteiger partial charge in [0.2, 0.25) is 5.91 Å². The number of aromatic amines is 1. The van der Waals surface area contributed by atoms with E-state index >= 15 is 0 Å². The number of aromatic nitrogens is 1. The number of hydrogen-bond acceptors (Lipinski definition) is 4. The first-order valence-electron chi connectivity index (χ1n) is 11.6. The zero-order chi connectivity index (χ0) is 24.6. The average molecular weight is 468 g/mol. The number of nitrogens with zero attached hydrogens (tertiary/aromatic N) is 2. The van der Waals surface area contributed by atoms with Crippen molar-refractivity contribution in [3.8, 4) is 0 Å². The monoisotopic (exact) mass is 467 g/mol.